The van der Waals surface area contributed by atoms with Crippen molar-refractivity contribution in [2.75, 3.05) is 0 Å². The van der Waals surface area contributed by atoms with Crippen LogP contribution in [0.2, 0.25) is 0 Å². The minimum Gasteiger partial charge on any atom is -0.456 e. The van der Waals surface area contributed by atoms with Crippen molar-refractivity contribution < 1.29 is 13.9 Å². The van der Waals surface area contributed by atoms with E-state index >= 15 is 0 Å². The van der Waals surface area contributed by atoms with Gasteiger partial charge in [-0.3, -0.25) is 8.80 Å². The van der Waals surface area contributed by atoms with E-state index in [1.54, 1.807) is 0 Å². The number of hydrogen-bond donors (Lipinski definition) is 0. The van der Waals surface area contributed by atoms with E-state index in [-0.39, 0.29) is 0 Å². The maximum Gasteiger partial charge on any atom is 0.425 e. The molecular weight excluding hydrogens is 496 g/mol. The molecular formula is C33H22N6O+2. The molecule has 7 nitrogen and oxygen atoms in total. The number of ether oxygens (including phenoxy) is 1. The van der Waals surface area contributed by atoms with E-state index in [9.17, 15) is 0 Å². The van der Waals surface area contributed by atoms with Gasteiger partial charge in [0, 0.05) is 34.3 Å². The number of benzene rings is 2. The summed E-state index contributed by atoms with van der Waals surface area (Å²) in [6.45, 7) is 8.54. The van der Waals surface area contributed by atoms with Gasteiger partial charge in [0.05, 0.1) is 22.2 Å². The first-order valence-electron chi connectivity index (χ1n) is 13.8. The summed E-state index contributed by atoms with van der Waals surface area (Å²) < 4.78 is 16.5. The number of aromatic nitrogens is 6. The van der Waals surface area contributed by atoms with E-state index in [1.165, 1.54) is 55.4 Å². The minimum atomic E-state index is -0.615. The van der Waals surface area contributed by atoms with E-state index < -0.39 is 5.66 Å². The molecule has 0 fully saturated rings. The first-order valence-corrected chi connectivity index (χ1v) is 13.8. The normalized spacial score (nSPS) is 15.4. The third kappa shape index (κ3) is 1.69. The molecule has 0 saturated heterocycles. The van der Waals surface area contributed by atoms with E-state index in [4.69, 9.17) is 14.7 Å². The zero-order valence-corrected chi connectivity index (χ0v) is 22.4. The van der Waals surface area contributed by atoms with Crippen molar-refractivity contribution in [2.45, 2.75) is 33.4 Å². The van der Waals surface area contributed by atoms with Crippen molar-refractivity contribution in [1.29, 1.82) is 0 Å². The molecule has 7 heteroatoms. The van der Waals surface area contributed by atoms with Gasteiger partial charge in [-0.1, -0.05) is 0 Å². The molecule has 0 aliphatic carbocycles. The van der Waals surface area contributed by atoms with Crippen molar-refractivity contribution in [3.8, 4) is 11.5 Å². The van der Waals surface area contributed by atoms with Gasteiger partial charge in [0.1, 0.15) is 33.8 Å². The molecule has 0 bridgehead atoms. The highest BCUT2D eigenvalue weighted by Gasteiger charge is 2.69. The summed E-state index contributed by atoms with van der Waals surface area (Å²) in [5.74, 6) is 1.81. The molecule has 0 radical (unpaired) electrons. The second kappa shape index (κ2) is 5.77. The number of rotatable bonds is 0. The van der Waals surface area contributed by atoms with Crippen molar-refractivity contribution in [3.05, 3.63) is 94.8 Å². The summed E-state index contributed by atoms with van der Waals surface area (Å²) in [4.78, 5) is 10.1. The Morgan fingerprint density at radius 3 is 1.60 bits per heavy atom. The highest BCUT2D eigenvalue weighted by Crippen LogP contribution is 2.57. The maximum atomic E-state index is 6.81. The lowest BCUT2D eigenvalue weighted by atomic mass is 9.86. The van der Waals surface area contributed by atoms with Gasteiger partial charge in [0.25, 0.3) is 0 Å². The minimum absolute atomic E-state index is 0.615. The van der Waals surface area contributed by atoms with Crippen LogP contribution in [0.4, 0.5) is 0 Å². The van der Waals surface area contributed by atoms with Gasteiger partial charge >= 0.3 is 5.66 Å². The van der Waals surface area contributed by atoms with Crippen LogP contribution in [-0.4, -0.2) is 18.8 Å². The van der Waals surface area contributed by atoms with Crippen LogP contribution in [0.15, 0.2) is 60.9 Å². The smallest absolute Gasteiger partial charge is 0.425 e. The Balaban J connectivity index is 1.48. The van der Waals surface area contributed by atoms with Gasteiger partial charge in [-0.2, -0.15) is 0 Å². The lowest BCUT2D eigenvalue weighted by molar-refractivity contribution is -0.945. The van der Waals surface area contributed by atoms with E-state index in [1.807, 2.05) is 0 Å². The quantitative estimate of drug-likeness (QED) is 0.199. The summed E-state index contributed by atoms with van der Waals surface area (Å²) in [7, 11) is 0. The van der Waals surface area contributed by atoms with Gasteiger partial charge < -0.3 is 4.74 Å². The SMILES string of the molecule is Cc1nc2c3ccc4c5c3c3c(ccc[n+]3C53c5c(ccc6c5c5c(ccc[n+]53)n3c(C)c(C)nc63)O4)n2c1C. The van der Waals surface area contributed by atoms with Gasteiger partial charge in [-0.05, 0) is 64.1 Å². The third-order valence-corrected chi connectivity index (χ3v) is 10.0. The Hall–Kier alpha value is -5.04. The van der Waals surface area contributed by atoms with Crippen LogP contribution in [0.1, 0.15) is 33.9 Å². The number of imidazole rings is 2. The van der Waals surface area contributed by atoms with Crippen LogP contribution in [0.5, 0.6) is 11.5 Å². The molecule has 0 N–H and O–H groups in total. The molecule has 0 saturated carbocycles. The Kier molecular flexibility index (Phi) is 2.88. The number of fused-ring (bicyclic) bond motifs is 6. The summed E-state index contributed by atoms with van der Waals surface area (Å²) in [6.07, 6.45) is 4.51. The Labute approximate surface area is 227 Å². The second-order valence-corrected chi connectivity index (χ2v) is 11.6. The molecule has 8 aromatic rings. The monoisotopic (exact) mass is 518 g/mol. The van der Waals surface area contributed by atoms with Crippen molar-refractivity contribution in [2.24, 2.45) is 0 Å². The van der Waals surface area contributed by atoms with Crippen molar-refractivity contribution in [3.63, 3.8) is 0 Å². The molecule has 6 aromatic heterocycles. The van der Waals surface area contributed by atoms with Crippen LogP contribution >= 0.6 is 0 Å². The van der Waals surface area contributed by atoms with Gasteiger partial charge in [-0.15, -0.1) is 9.13 Å². The molecule has 3 aliphatic heterocycles. The first-order chi connectivity index (χ1) is 19.5. The predicted molar refractivity (Wildman–Crippen MR) is 151 cm³/mol. The topological polar surface area (TPSA) is 51.6 Å². The van der Waals surface area contributed by atoms with Gasteiger partial charge in [-0.25, -0.2) is 9.97 Å². The summed E-state index contributed by atoms with van der Waals surface area (Å²) in [5.41, 5.74) is 13.0. The van der Waals surface area contributed by atoms with E-state index in [0.29, 0.717) is 0 Å². The second-order valence-electron chi connectivity index (χ2n) is 11.6. The molecule has 9 heterocycles. The summed E-state index contributed by atoms with van der Waals surface area (Å²) in [5, 5.41) is 4.76. The van der Waals surface area contributed by atoms with Crippen molar-refractivity contribution in [1.82, 2.24) is 18.8 Å². The highest BCUT2D eigenvalue weighted by atomic mass is 16.5. The van der Waals surface area contributed by atoms with Crippen LogP contribution in [0, 0.1) is 27.7 Å². The highest BCUT2D eigenvalue weighted by molar-refractivity contribution is 6.17. The largest absolute Gasteiger partial charge is 0.456 e. The van der Waals surface area contributed by atoms with E-state index in [2.05, 4.69) is 107 Å². The molecule has 0 atom stereocenters. The fourth-order valence-electron chi connectivity index (χ4n) is 8.30. The van der Waals surface area contributed by atoms with Gasteiger partial charge in [0.2, 0.25) is 11.0 Å². The molecule has 0 amide bonds. The molecule has 11 rings (SSSR count). The summed E-state index contributed by atoms with van der Waals surface area (Å²) in [6, 6.07) is 17.5. The van der Waals surface area contributed by atoms with E-state index in [0.717, 1.165) is 45.0 Å². The number of nitrogens with zero attached hydrogens (tertiary/aromatic N) is 6. The maximum absolute atomic E-state index is 6.81. The lowest BCUT2D eigenvalue weighted by Gasteiger charge is -2.25. The van der Waals surface area contributed by atoms with Crippen LogP contribution in [0.25, 0.3) is 54.9 Å². The van der Waals surface area contributed by atoms with Crippen LogP contribution in [0.3, 0.4) is 0 Å². The predicted octanol–water partition coefficient (Wildman–Crippen LogP) is 5.43. The third-order valence-electron chi connectivity index (χ3n) is 10.0. The molecule has 188 valence electrons. The summed E-state index contributed by atoms with van der Waals surface area (Å²) >= 11 is 0. The Morgan fingerprint density at radius 2 is 1.12 bits per heavy atom. The molecule has 2 aromatic carbocycles. The molecule has 40 heavy (non-hydrogen) atoms. The first kappa shape index (κ1) is 19.9. The number of aryl methyl sites for hydroxylation is 4. The zero-order valence-electron chi connectivity index (χ0n) is 22.4. The molecule has 3 aliphatic rings. The fourth-order valence-corrected chi connectivity index (χ4v) is 8.30. The standard InChI is InChI=1S/C33H22N6O/c1-15-17(3)38-21-7-5-13-36-29(21)25-19(31(38)34-15)9-11-23-27(25)33(36)28-24(40-23)12-10-20-26(28)30-22(8-6-14-37(30)33)39-18(4)16(2)35-32(20)39/h5-14H,1-4H3/q+2. The zero-order chi connectivity index (χ0) is 26.4. The average Bonchev–Trinajstić information content (AvgIpc) is 3.66. The average molecular weight is 519 g/mol. The Bertz CT molecular complexity index is 2440. The number of hydrogen-bond acceptors (Lipinski definition) is 3. The van der Waals surface area contributed by atoms with Crippen LogP contribution in [-0.2, 0) is 5.66 Å². The molecule has 1 spiro atoms. The number of pyridine rings is 4. The molecule has 0 unspecified atom stereocenters. The fraction of sp³-hybridized carbons (Fsp3) is 0.152. The van der Waals surface area contributed by atoms with Gasteiger partial charge in [0.15, 0.2) is 23.5 Å². The Morgan fingerprint density at radius 1 is 0.650 bits per heavy atom. The van der Waals surface area contributed by atoms with Crippen LogP contribution < -0.4 is 13.9 Å². The lowest BCUT2D eigenvalue weighted by Crippen LogP contribution is -2.72. The van der Waals surface area contributed by atoms with Crippen molar-refractivity contribution >= 4 is 54.9 Å².